The van der Waals surface area contributed by atoms with Crippen molar-refractivity contribution in [2.75, 3.05) is 5.32 Å². The molecule has 3 nitrogen and oxygen atoms in total. The van der Waals surface area contributed by atoms with E-state index in [0.29, 0.717) is 16.8 Å². The van der Waals surface area contributed by atoms with Crippen LogP contribution in [0.2, 0.25) is 0 Å². The Balaban J connectivity index is 1.80. The molecule has 0 aliphatic carbocycles. The van der Waals surface area contributed by atoms with Crippen molar-refractivity contribution in [2.45, 2.75) is 0 Å². The molecule has 0 atom stereocenters. The van der Waals surface area contributed by atoms with Gasteiger partial charge in [-0.2, -0.15) is 0 Å². The maximum atomic E-state index is 14.1. The third kappa shape index (κ3) is 4.10. The minimum absolute atomic E-state index is 0.0776. The monoisotopic (exact) mass is 368 g/mol. The third-order valence-corrected chi connectivity index (χ3v) is 3.86. The molecule has 0 saturated carbocycles. The molecule has 0 aromatic heterocycles. The van der Waals surface area contributed by atoms with Gasteiger partial charge in [-0.25, -0.2) is 8.78 Å². The van der Waals surface area contributed by atoms with E-state index < -0.39 is 11.6 Å². The highest BCUT2D eigenvalue weighted by atomic mass is 32.1. The summed E-state index contributed by atoms with van der Waals surface area (Å²) in [6.07, 6.45) is 0. The molecule has 1 amide bonds. The number of amides is 1. The molecule has 0 radical (unpaired) electrons. The summed E-state index contributed by atoms with van der Waals surface area (Å²) in [7, 11) is 0. The summed E-state index contributed by atoms with van der Waals surface area (Å²) < 4.78 is 27.3. The number of nitrogens with one attached hydrogen (secondary N) is 2. The summed E-state index contributed by atoms with van der Waals surface area (Å²) in [5.41, 5.74) is 1.69. The minimum Gasteiger partial charge on any atom is -0.332 e. The minimum atomic E-state index is -0.682. The second kappa shape index (κ2) is 7.84. The number of carbonyl (C=O) groups excluding carboxylic acids is 1. The second-order valence-corrected chi connectivity index (χ2v) is 5.85. The van der Waals surface area contributed by atoms with Crippen LogP contribution in [0.25, 0.3) is 11.1 Å². The number of para-hydroxylation sites is 1. The Bertz CT molecular complexity index is 961. The smallest absolute Gasteiger partial charge is 0.257 e. The average Bonchev–Trinajstić information content (AvgIpc) is 2.63. The number of hydrogen-bond donors (Lipinski definition) is 2. The van der Waals surface area contributed by atoms with E-state index in [2.05, 4.69) is 10.6 Å². The van der Waals surface area contributed by atoms with Gasteiger partial charge in [0.15, 0.2) is 5.11 Å². The lowest BCUT2D eigenvalue weighted by atomic mass is 10.0. The first-order valence-electron chi connectivity index (χ1n) is 7.76. The lowest BCUT2D eigenvalue weighted by Gasteiger charge is -2.14. The zero-order valence-electron chi connectivity index (χ0n) is 13.5. The van der Waals surface area contributed by atoms with Gasteiger partial charge in [0.1, 0.15) is 11.6 Å². The second-order valence-electron chi connectivity index (χ2n) is 5.44. The van der Waals surface area contributed by atoms with Crippen molar-refractivity contribution >= 4 is 28.9 Å². The topological polar surface area (TPSA) is 41.1 Å². The molecule has 0 aliphatic rings. The summed E-state index contributed by atoms with van der Waals surface area (Å²) in [4.78, 5) is 12.2. The van der Waals surface area contributed by atoms with E-state index in [-0.39, 0.29) is 16.6 Å². The van der Waals surface area contributed by atoms with E-state index >= 15 is 0 Å². The summed E-state index contributed by atoms with van der Waals surface area (Å²) in [6, 6.07) is 18.8. The number of carbonyl (C=O) groups is 1. The Morgan fingerprint density at radius 1 is 0.846 bits per heavy atom. The molecule has 2 N–H and O–H groups in total. The van der Waals surface area contributed by atoms with Crippen LogP contribution in [0.15, 0.2) is 72.8 Å². The van der Waals surface area contributed by atoms with Crippen molar-refractivity contribution in [1.29, 1.82) is 0 Å². The Hall–Kier alpha value is -3.12. The fourth-order valence-corrected chi connectivity index (χ4v) is 2.66. The highest BCUT2D eigenvalue weighted by Gasteiger charge is 2.13. The van der Waals surface area contributed by atoms with Gasteiger partial charge in [0, 0.05) is 28.4 Å². The number of thiocarbonyl (C=S) groups is 1. The lowest BCUT2D eigenvalue weighted by Crippen LogP contribution is -2.34. The molecule has 3 aromatic carbocycles. The van der Waals surface area contributed by atoms with E-state index in [1.807, 2.05) is 0 Å². The number of halogens is 2. The molecular weight excluding hydrogens is 354 g/mol. The fraction of sp³-hybridized carbons (Fsp3) is 0. The molecule has 3 aromatic rings. The molecule has 130 valence electrons. The predicted molar refractivity (Wildman–Crippen MR) is 102 cm³/mol. The Labute approximate surface area is 154 Å². The van der Waals surface area contributed by atoms with Gasteiger partial charge in [0.2, 0.25) is 0 Å². The molecule has 0 bridgehead atoms. The quantitative estimate of drug-likeness (QED) is 0.655. The van der Waals surface area contributed by atoms with Gasteiger partial charge in [-0.05, 0) is 42.5 Å². The predicted octanol–water partition coefficient (Wildman–Crippen LogP) is 4.76. The van der Waals surface area contributed by atoms with Crippen LogP contribution in [0.5, 0.6) is 0 Å². The highest BCUT2D eigenvalue weighted by molar-refractivity contribution is 7.80. The van der Waals surface area contributed by atoms with Crippen LogP contribution in [0.3, 0.4) is 0 Å². The SMILES string of the molecule is O=C(NC(=S)Nc1ccccc1-c1ccc(F)cc1F)c1ccccc1. The van der Waals surface area contributed by atoms with E-state index in [1.54, 1.807) is 54.6 Å². The van der Waals surface area contributed by atoms with Crippen molar-refractivity contribution in [3.05, 3.63) is 90.0 Å². The van der Waals surface area contributed by atoms with Gasteiger partial charge < -0.3 is 5.32 Å². The number of benzene rings is 3. The van der Waals surface area contributed by atoms with Crippen LogP contribution in [0.1, 0.15) is 10.4 Å². The van der Waals surface area contributed by atoms with Crippen molar-refractivity contribution in [1.82, 2.24) is 5.32 Å². The summed E-state index contributed by atoms with van der Waals surface area (Å²) in [6.45, 7) is 0. The summed E-state index contributed by atoms with van der Waals surface area (Å²) >= 11 is 5.18. The maximum absolute atomic E-state index is 14.1. The molecular formula is C20H14F2N2OS. The molecule has 0 unspecified atom stereocenters. The van der Waals surface area contributed by atoms with Crippen molar-refractivity contribution in [3.8, 4) is 11.1 Å². The van der Waals surface area contributed by atoms with Crippen LogP contribution in [0.4, 0.5) is 14.5 Å². The molecule has 0 heterocycles. The van der Waals surface area contributed by atoms with Gasteiger partial charge in [0.25, 0.3) is 5.91 Å². The third-order valence-electron chi connectivity index (χ3n) is 3.66. The molecule has 0 spiro atoms. The van der Waals surface area contributed by atoms with Crippen molar-refractivity contribution < 1.29 is 13.6 Å². The summed E-state index contributed by atoms with van der Waals surface area (Å²) in [5, 5.41) is 5.54. The number of hydrogen-bond acceptors (Lipinski definition) is 2. The largest absolute Gasteiger partial charge is 0.332 e. The van der Waals surface area contributed by atoms with Crippen LogP contribution < -0.4 is 10.6 Å². The van der Waals surface area contributed by atoms with Crippen molar-refractivity contribution in [3.63, 3.8) is 0 Å². The van der Waals surface area contributed by atoms with Gasteiger partial charge >= 0.3 is 0 Å². The zero-order chi connectivity index (χ0) is 18.5. The molecule has 6 heteroatoms. The van der Waals surface area contributed by atoms with Gasteiger partial charge in [-0.1, -0.05) is 36.4 Å². The first-order chi connectivity index (χ1) is 12.5. The fourth-order valence-electron chi connectivity index (χ4n) is 2.45. The molecule has 26 heavy (non-hydrogen) atoms. The van der Waals surface area contributed by atoms with E-state index in [1.165, 1.54) is 12.1 Å². The van der Waals surface area contributed by atoms with Gasteiger partial charge in [0.05, 0.1) is 0 Å². The standard InChI is InChI=1S/C20H14F2N2OS/c21-14-10-11-15(17(22)12-14)16-8-4-5-9-18(16)23-20(26)24-19(25)13-6-2-1-3-7-13/h1-12H,(H2,23,24,25,26). The van der Waals surface area contributed by atoms with Crippen LogP contribution in [-0.2, 0) is 0 Å². The van der Waals surface area contributed by atoms with E-state index in [0.717, 1.165) is 6.07 Å². The normalized spacial score (nSPS) is 10.2. The number of rotatable bonds is 3. The Morgan fingerprint density at radius 3 is 2.27 bits per heavy atom. The van der Waals surface area contributed by atoms with Crippen LogP contribution in [-0.4, -0.2) is 11.0 Å². The Kier molecular flexibility index (Phi) is 5.34. The first-order valence-corrected chi connectivity index (χ1v) is 8.17. The van der Waals surface area contributed by atoms with Gasteiger partial charge in [-0.3, -0.25) is 10.1 Å². The highest BCUT2D eigenvalue weighted by Crippen LogP contribution is 2.30. The lowest BCUT2D eigenvalue weighted by molar-refractivity contribution is 0.0977. The zero-order valence-corrected chi connectivity index (χ0v) is 14.3. The molecule has 0 saturated heterocycles. The first kappa shape index (κ1) is 17.7. The Morgan fingerprint density at radius 2 is 1.54 bits per heavy atom. The number of anilines is 1. The van der Waals surface area contributed by atoms with Crippen LogP contribution >= 0.6 is 12.2 Å². The molecule has 3 rings (SSSR count). The summed E-state index contributed by atoms with van der Waals surface area (Å²) in [5.74, 6) is -1.69. The van der Waals surface area contributed by atoms with Crippen LogP contribution in [0, 0.1) is 11.6 Å². The maximum Gasteiger partial charge on any atom is 0.257 e. The average molecular weight is 368 g/mol. The van der Waals surface area contributed by atoms with Gasteiger partial charge in [-0.15, -0.1) is 0 Å². The van der Waals surface area contributed by atoms with Crippen molar-refractivity contribution in [2.24, 2.45) is 0 Å². The molecule has 0 aliphatic heterocycles. The van der Waals surface area contributed by atoms with E-state index in [4.69, 9.17) is 12.2 Å². The molecule has 0 fully saturated rings. The van der Waals surface area contributed by atoms with E-state index in [9.17, 15) is 13.6 Å².